The van der Waals surface area contributed by atoms with Gasteiger partial charge in [0.05, 0.1) is 17.9 Å². The van der Waals surface area contributed by atoms with E-state index in [-0.39, 0.29) is 12.2 Å². The van der Waals surface area contributed by atoms with Gasteiger partial charge in [-0.15, -0.1) is 0 Å². The fraction of sp³-hybridized carbons (Fsp3) is 0.111. The lowest BCUT2D eigenvalue weighted by Gasteiger charge is -1.98. The van der Waals surface area contributed by atoms with E-state index in [1.165, 1.54) is 12.3 Å². The summed E-state index contributed by atoms with van der Waals surface area (Å²) in [5.41, 5.74) is 0.483. The Balaban J connectivity index is 3.05. The molecule has 0 saturated heterocycles. The van der Waals surface area contributed by atoms with Crippen molar-refractivity contribution < 1.29 is 15.0 Å². The number of nitrogens with zero attached hydrogens (tertiary/aromatic N) is 1. The van der Waals surface area contributed by atoms with E-state index in [4.69, 9.17) is 10.2 Å². The Morgan fingerprint density at radius 1 is 1.46 bits per heavy atom. The number of benzene rings is 1. The molecule has 0 unspecified atom stereocenters. The monoisotopic (exact) mass is 179 g/mol. The van der Waals surface area contributed by atoms with Crippen LogP contribution < -0.4 is 0 Å². The molecule has 0 atom stereocenters. The lowest BCUT2D eigenvalue weighted by Crippen LogP contribution is -1.96. The summed E-state index contributed by atoms with van der Waals surface area (Å²) in [6, 6.07) is 6.36. The molecule has 0 saturated carbocycles. The third kappa shape index (κ3) is 2.38. The molecule has 0 spiro atoms. The molecule has 2 N–H and O–H groups in total. The van der Waals surface area contributed by atoms with E-state index >= 15 is 0 Å². The molecule has 1 aromatic carbocycles. The lowest BCUT2D eigenvalue weighted by atomic mass is 10.2. The number of hydrogen-bond donors (Lipinski definition) is 2. The number of aliphatic imine (C=N–C) groups is 1. The van der Waals surface area contributed by atoms with Gasteiger partial charge < -0.3 is 10.2 Å². The fourth-order valence-electron chi connectivity index (χ4n) is 0.906. The highest BCUT2D eigenvalue weighted by Crippen LogP contribution is 2.17. The highest BCUT2D eigenvalue weighted by Gasteiger charge is 2.06. The van der Waals surface area contributed by atoms with E-state index < -0.39 is 5.97 Å². The maximum absolute atomic E-state index is 10.6. The third-order valence-electron chi connectivity index (χ3n) is 1.45. The molecule has 0 amide bonds. The first-order valence-electron chi connectivity index (χ1n) is 3.71. The van der Waals surface area contributed by atoms with Gasteiger partial charge in [-0.2, -0.15) is 0 Å². The molecule has 4 heteroatoms. The van der Waals surface area contributed by atoms with Crippen LogP contribution in [0.5, 0.6) is 0 Å². The molecular formula is C9H9NO3. The number of carbonyl (C=O) groups is 1. The first-order chi connectivity index (χ1) is 6.25. The van der Waals surface area contributed by atoms with Crippen molar-refractivity contribution >= 4 is 17.9 Å². The van der Waals surface area contributed by atoms with Crippen LogP contribution in [-0.2, 0) is 0 Å². The van der Waals surface area contributed by atoms with Crippen LogP contribution in [0.2, 0.25) is 0 Å². The summed E-state index contributed by atoms with van der Waals surface area (Å²) >= 11 is 0. The van der Waals surface area contributed by atoms with Crippen LogP contribution in [0.1, 0.15) is 10.4 Å². The van der Waals surface area contributed by atoms with E-state index in [1.807, 2.05) is 0 Å². The van der Waals surface area contributed by atoms with Gasteiger partial charge in [0.1, 0.15) is 0 Å². The summed E-state index contributed by atoms with van der Waals surface area (Å²) in [7, 11) is 0. The van der Waals surface area contributed by atoms with E-state index in [9.17, 15) is 4.79 Å². The number of carboxylic acids is 1. The van der Waals surface area contributed by atoms with Crippen molar-refractivity contribution in [2.75, 3.05) is 6.61 Å². The maximum Gasteiger partial charge on any atom is 0.337 e. The topological polar surface area (TPSA) is 69.9 Å². The summed E-state index contributed by atoms with van der Waals surface area (Å²) in [6.07, 6.45) is 1.25. The average Bonchev–Trinajstić information content (AvgIpc) is 2.15. The van der Waals surface area contributed by atoms with E-state index in [2.05, 4.69) is 4.99 Å². The van der Waals surface area contributed by atoms with Crippen LogP contribution in [0.15, 0.2) is 29.3 Å². The zero-order valence-electron chi connectivity index (χ0n) is 6.84. The highest BCUT2D eigenvalue weighted by molar-refractivity contribution is 5.94. The van der Waals surface area contributed by atoms with Gasteiger partial charge in [0.2, 0.25) is 0 Å². The maximum atomic E-state index is 10.6. The number of aromatic carboxylic acids is 1. The Labute approximate surface area is 75.2 Å². The zero-order chi connectivity index (χ0) is 9.68. The summed E-state index contributed by atoms with van der Waals surface area (Å²) in [4.78, 5) is 14.4. The van der Waals surface area contributed by atoms with Crippen LogP contribution in [0, 0.1) is 0 Å². The van der Waals surface area contributed by atoms with Crippen molar-refractivity contribution in [3.63, 3.8) is 0 Å². The average molecular weight is 179 g/mol. The number of para-hydroxylation sites is 1. The van der Waals surface area contributed by atoms with Crippen LogP contribution >= 0.6 is 0 Å². The third-order valence-corrected chi connectivity index (χ3v) is 1.45. The van der Waals surface area contributed by atoms with Crippen molar-refractivity contribution in [3.05, 3.63) is 29.8 Å². The summed E-state index contributed by atoms with van der Waals surface area (Å²) in [5, 5.41) is 17.2. The lowest BCUT2D eigenvalue weighted by molar-refractivity contribution is 0.0698. The van der Waals surface area contributed by atoms with E-state index in [1.54, 1.807) is 18.2 Å². The Bertz CT molecular complexity index is 333. The number of rotatable bonds is 3. The molecule has 0 radical (unpaired) electrons. The largest absolute Gasteiger partial charge is 0.478 e. The van der Waals surface area contributed by atoms with Gasteiger partial charge in [0, 0.05) is 6.21 Å². The van der Waals surface area contributed by atoms with Gasteiger partial charge in [-0.3, -0.25) is 4.99 Å². The predicted octanol–water partition coefficient (Wildman–Crippen LogP) is 1.08. The Morgan fingerprint density at radius 3 is 2.77 bits per heavy atom. The molecule has 13 heavy (non-hydrogen) atoms. The second-order valence-corrected chi connectivity index (χ2v) is 2.32. The van der Waals surface area contributed by atoms with Crippen LogP contribution in [0.4, 0.5) is 5.69 Å². The first-order valence-corrected chi connectivity index (χ1v) is 3.71. The Kier molecular flexibility index (Phi) is 3.16. The molecule has 1 aromatic rings. The number of carboxylic acid groups (broad SMARTS) is 1. The number of aliphatic hydroxyl groups is 1. The first kappa shape index (κ1) is 9.41. The second-order valence-electron chi connectivity index (χ2n) is 2.32. The molecule has 0 heterocycles. The van der Waals surface area contributed by atoms with Gasteiger partial charge in [-0.25, -0.2) is 4.79 Å². The summed E-state index contributed by atoms with van der Waals surface area (Å²) in [6.45, 7) is -0.200. The van der Waals surface area contributed by atoms with E-state index in [0.29, 0.717) is 5.69 Å². The molecular weight excluding hydrogens is 170 g/mol. The van der Waals surface area contributed by atoms with Crippen molar-refractivity contribution in [1.29, 1.82) is 0 Å². The SMILES string of the molecule is O=C(O)c1ccccc1N=CCO. The highest BCUT2D eigenvalue weighted by atomic mass is 16.4. The zero-order valence-corrected chi connectivity index (χ0v) is 6.84. The van der Waals surface area contributed by atoms with Gasteiger partial charge in [0.25, 0.3) is 0 Å². The second kappa shape index (κ2) is 4.37. The molecule has 0 aliphatic heterocycles. The minimum Gasteiger partial charge on any atom is -0.478 e. The Hall–Kier alpha value is -1.68. The van der Waals surface area contributed by atoms with E-state index in [0.717, 1.165) is 0 Å². The van der Waals surface area contributed by atoms with Crippen molar-refractivity contribution in [3.8, 4) is 0 Å². The van der Waals surface area contributed by atoms with Crippen molar-refractivity contribution in [2.24, 2.45) is 4.99 Å². The quantitative estimate of drug-likeness (QED) is 0.682. The fourth-order valence-corrected chi connectivity index (χ4v) is 0.906. The standard InChI is InChI=1S/C9H9NO3/c11-6-5-10-8-4-2-1-3-7(8)9(12)13/h1-5,11H,6H2,(H,12,13). The van der Waals surface area contributed by atoms with Gasteiger partial charge >= 0.3 is 5.97 Å². The molecule has 4 nitrogen and oxygen atoms in total. The minimum absolute atomic E-state index is 0.132. The minimum atomic E-state index is -1.02. The normalized spacial score (nSPS) is 10.5. The Morgan fingerprint density at radius 2 is 2.15 bits per heavy atom. The van der Waals surface area contributed by atoms with Crippen molar-refractivity contribution in [2.45, 2.75) is 0 Å². The molecule has 0 aliphatic carbocycles. The van der Waals surface area contributed by atoms with Crippen LogP contribution in [-0.4, -0.2) is 29.0 Å². The van der Waals surface area contributed by atoms with Gasteiger partial charge in [0.15, 0.2) is 0 Å². The molecule has 0 bridgehead atoms. The van der Waals surface area contributed by atoms with Crippen molar-refractivity contribution in [1.82, 2.24) is 0 Å². The summed E-state index contributed by atoms with van der Waals surface area (Å²) in [5.74, 6) is -1.02. The molecule has 0 aromatic heterocycles. The van der Waals surface area contributed by atoms with Gasteiger partial charge in [-0.05, 0) is 12.1 Å². The number of aliphatic hydroxyl groups excluding tert-OH is 1. The predicted molar refractivity (Wildman–Crippen MR) is 48.6 cm³/mol. The number of hydrogen-bond acceptors (Lipinski definition) is 3. The molecule has 1 rings (SSSR count). The van der Waals surface area contributed by atoms with Crippen LogP contribution in [0.3, 0.4) is 0 Å². The molecule has 0 aliphatic rings. The van der Waals surface area contributed by atoms with Crippen LogP contribution in [0.25, 0.3) is 0 Å². The molecule has 0 fully saturated rings. The summed E-state index contributed by atoms with van der Waals surface area (Å²) < 4.78 is 0. The van der Waals surface area contributed by atoms with Gasteiger partial charge in [-0.1, -0.05) is 12.1 Å². The smallest absolute Gasteiger partial charge is 0.337 e. The molecule has 68 valence electrons.